The van der Waals surface area contributed by atoms with Crippen molar-refractivity contribution >= 4 is 22.9 Å². The summed E-state index contributed by atoms with van der Waals surface area (Å²) < 4.78 is 0. The highest BCUT2D eigenvalue weighted by molar-refractivity contribution is 5.95. The summed E-state index contributed by atoms with van der Waals surface area (Å²) in [4.78, 5) is 16.5. The molecule has 2 N–H and O–H groups in total. The topological polar surface area (TPSA) is 62.2 Å². The van der Waals surface area contributed by atoms with Crippen molar-refractivity contribution in [2.24, 2.45) is 5.92 Å². The number of nitrogens with zero attached hydrogens (tertiary/aromatic N) is 1. The molecule has 0 saturated heterocycles. The van der Waals surface area contributed by atoms with E-state index in [-0.39, 0.29) is 24.5 Å². The molecule has 1 fully saturated rings. The number of benzene rings is 1. The SMILES string of the molecule is O=C(/C=C/c1ccnc2ccccc12)NC1CCCCC1CO. The molecule has 4 nitrogen and oxygen atoms in total. The molecule has 0 aliphatic heterocycles. The largest absolute Gasteiger partial charge is 0.396 e. The Morgan fingerprint density at radius 3 is 2.96 bits per heavy atom. The van der Waals surface area contributed by atoms with Gasteiger partial charge in [0.05, 0.1) is 5.52 Å². The van der Waals surface area contributed by atoms with Gasteiger partial charge in [-0.15, -0.1) is 0 Å². The van der Waals surface area contributed by atoms with E-state index in [9.17, 15) is 9.90 Å². The third-order valence-corrected chi connectivity index (χ3v) is 4.57. The predicted molar refractivity (Wildman–Crippen MR) is 91.8 cm³/mol. The highest BCUT2D eigenvalue weighted by Gasteiger charge is 2.25. The highest BCUT2D eigenvalue weighted by atomic mass is 16.3. The molecule has 0 spiro atoms. The molecule has 1 aromatic heterocycles. The van der Waals surface area contributed by atoms with E-state index in [1.54, 1.807) is 12.3 Å². The van der Waals surface area contributed by atoms with E-state index in [1.807, 2.05) is 36.4 Å². The van der Waals surface area contributed by atoms with Crippen molar-refractivity contribution in [3.63, 3.8) is 0 Å². The lowest BCUT2D eigenvalue weighted by atomic mass is 9.85. The van der Waals surface area contributed by atoms with Gasteiger partial charge in [-0.25, -0.2) is 0 Å². The number of carbonyl (C=O) groups is 1. The maximum Gasteiger partial charge on any atom is 0.244 e. The van der Waals surface area contributed by atoms with Crippen LogP contribution in [-0.4, -0.2) is 28.6 Å². The average molecular weight is 310 g/mol. The minimum Gasteiger partial charge on any atom is -0.396 e. The molecule has 1 amide bonds. The van der Waals surface area contributed by atoms with Crippen LogP contribution in [0.5, 0.6) is 0 Å². The summed E-state index contributed by atoms with van der Waals surface area (Å²) in [5.41, 5.74) is 1.90. The van der Waals surface area contributed by atoms with Gasteiger partial charge in [0.15, 0.2) is 0 Å². The summed E-state index contributed by atoms with van der Waals surface area (Å²) in [5, 5.41) is 13.5. The Morgan fingerprint density at radius 2 is 2.09 bits per heavy atom. The van der Waals surface area contributed by atoms with E-state index in [0.717, 1.165) is 42.1 Å². The fourth-order valence-corrected chi connectivity index (χ4v) is 3.28. The average Bonchev–Trinajstić information content (AvgIpc) is 2.60. The minimum absolute atomic E-state index is 0.0834. The van der Waals surface area contributed by atoms with E-state index in [2.05, 4.69) is 10.3 Å². The number of para-hydroxylation sites is 1. The fraction of sp³-hybridized carbons (Fsp3) is 0.368. The predicted octanol–water partition coefficient (Wildman–Crippen LogP) is 2.92. The van der Waals surface area contributed by atoms with Crippen molar-refractivity contribution in [1.29, 1.82) is 0 Å². The van der Waals surface area contributed by atoms with Gasteiger partial charge in [0.25, 0.3) is 0 Å². The van der Waals surface area contributed by atoms with Gasteiger partial charge in [0, 0.05) is 36.2 Å². The number of nitrogens with one attached hydrogen (secondary N) is 1. The van der Waals surface area contributed by atoms with Crippen LogP contribution in [0, 0.1) is 5.92 Å². The number of aliphatic hydroxyl groups excluding tert-OH is 1. The van der Waals surface area contributed by atoms with Crippen LogP contribution in [0.4, 0.5) is 0 Å². The maximum absolute atomic E-state index is 12.2. The quantitative estimate of drug-likeness (QED) is 0.854. The molecule has 2 unspecified atom stereocenters. The fourth-order valence-electron chi connectivity index (χ4n) is 3.28. The standard InChI is InChI=1S/C19H22N2O2/c22-13-15-5-1-3-7-17(15)21-19(23)10-9-14-11-12-20-18-8-4-2-6-16(14)18/h2,4,6,8-12,15,17,22H,1,3,5,7,13H2,(H,21,23)/b10-9+. The number of rotatable bonds is 4. The van der Waals surface area contributed by atoms with Crippen LogP contribution >= 0.6 is 0 Å². The van der Waals surface area contributed by atoms with Gasteiger partial charge in [0.2, 0.25) is 5.91 Å². The van der Waals surface area contributed by atoms with Crippen LogP contribution in [0.25, 0.3) is 17.0 Å². The molecular formula is C19H22N2O2. The first-order chi connectivity index (χ1) is 11.3. The van der Waals surface area contributed by atoms with Gasteiger partial charge in [-0.3, -0.25) is 9.78 Å². The molecular weight excluding hydrogens is 288 g/mol. The Balaban J connectivity index is 1.70. The normalized spacial score (nSPS) is 21.6. The second-order valence-corrected chi connectivity index (χ2v) is 6.09. The zero-order chi connectivity index (χ0) is 16.1. The van der Waals surface area contributed by atoms with Crippen LogP contribution < -0.4 is 5.32 Å². The van der Waals surface area contributed by atoms with Crippen LogP contribution in [0.2, 0.25) is 0 Å². The lowest BCUT2D eigenvalue weighted by Gasteiger charge is -2.30. The Kier molecular flexibility index (Phi) is 5.03. The highest BCUT2D eigenvalue weighted by Crippen LogP contribution is 2.24. The molecule has 0 bridgehead atoms. The Hall–Kier alpha value is -2.20. The maximum atomic E-state index is 12.2. The number of hydrogen-bond donors (Lipinski definition) is 2. The first kappa shape index (κ1) is 15.7. The molecule has 2 aromatic rings. The third-order valence-electron chi connectivity index (χ3n) is 4.57. The van der Waals surface area contributed by atoms with Crippen molar-refractivity contribution in [1.82, 2.24) is 10.3 Å². The zero-order valence-electron chi connectivity index (χ0n) is 13.1. The Labute approximate surface area is 136 Å². The summed E-state index contributed by atoms with van der Waals surface area (Å²) in [5.74, 6) is 0.0825. The van der Waals surface area contributed by atoms with Gasteiger partial charge in [0.1, 0.15) is 0 Å². The van der Waals surface area contributed by atoms with E-state index in [4.69, 9.17) is 0 Å². The minimum atomic E-state index is -0.101. The van der Waals surface area contributed by atoms with Crippen LogP contribution in [-0.2, 0) is 4.79 Å². The van der Waals surface area contributed by atoms with Crippen molar-refractivity contribution in [3.8, 4) is 0 Å². The monoisotopic (exact) mass is 310 g/mol. The zero-order valence-corrected chi connectivity index (χ0v) is 13.1. The summed E-state index contributed by atoms with van der Waals surface area (Å²) >= 11 is 0. The number of aromatic nitrogens is 1. The molecule has 23 heavy (non-hydrogen) atoms. The number of fused-ring (bicyclic) bond motifs is 1. The molecule has 4 heteroatoms. The first-order valence-electron chi connectivity index (χ1n) is 8.21. The van der Waals surface area contributed by atoms with Crippen molar-refractivity contribution in [3.05, 3.63) is 48.2 Å². The van der Waals surface area contributed by atoms with Gasteiger partial charge in [-0.1, -0.05) is 31.0 Å². The molecule has 1 aliphatic rings. The number of aliphatic hydroxyl groups is 1. The van der Waals surface area contributed by atoms with E-state index in [0.29, 0.717) is 0 Å². The van der Waals surface area contributed by atoms with Crippen LogP contribution in [0.15, 0.2) is 42.6 Å². The van der Waals surface area contributed by atoms with Crippen molar-refractivity contribution in [2.45, 2.75) is 31.7 Å². The lowest BCUT2D eigenvalue weighted by molar-refractivity contribution is -0.117. The summed E-state index contributed by atoms with van der Waals surface area (Å²) in [7, 11) is 0. The van der Waals surface area contributed by atoms with E-state index < -0.39 is 0 Å². The first-order valence-corrected chi connectivity index (χ1v) is 8.21. The van der Waals surface area contributed by atoms with Gasteiger partial charge in [-0.2, -0.15) is 0 Å². The van der Waals surface area contributed by atoms with Crippen molar-refractivity contribution < 1.29 is 9.90 Å². The molecule has 0 radical (unpaired) electrons. The third kappa shape index (κ3) is 3.77. The van der Waals surface area contributed by atoms with Gasteiger partial charge in [-0.05, 0) is 36.6 Å². The smallest absolute Gasteiger partial charge is 0.244 e. The van der Waals surface area contributed by atoms with Crippen LogP contribution in [0.3, 0.4) is 0 Å². The molecule has 1 saturated carbocycles. The number of carbonyl (C=O) groups excluding carboxylic acids is 1. The lowest BCUT2D eigenvalue weighted by Crippen LogP contribution is -2.42. The number of amides is 1. The van der Waals surface area contributed by atoms with Crippen LogP contribution in [0.1, 0.15) is 31.2 Å². The molecule has 2 atom stereocenters. The van der Waals surface area contributed by atoms with E-state index >= 15 is 0 Å². The molecule has 3 rings (SSSR count). The second kappa shape index (κ2) is 7.38. The van der Waals surface area contributed by atoms with Gasteiger partial charge < -0.3 is 10.4 Å². The van der Waals surface area contributed by atoms with Crippen molar-refractivity contribution in [2.75, 3.05) is 6.61 Å². The summed E-state index contributed by atoms with van der Waals surface area (Å²) in [6, 6.07) is 9.87. The summed E-state index contributed by atoms with van der Waals surface area (Å²) in [6.07, 6.45) is 9.34. The molecule has 1 heterocycles. The number of hydrogen-bond acceptors (Lipinski definition) is 3. The molecule has 1 aliphatic carbocycles. The Bertz CT molecular complexity index is 706. The molecule has 120 valence electrons. The number of pyridine rings is 1. The Morgan fingerprint density at radius 1 is 1.26 bits per heavy atom. The molecule has 1 aromatic carbocycles. The second-order valence-electron chi connectivity index (χ2n) is 6.09. The van der Waals surface area contributed by atoms with E-state index in [1.165, 1.54) is 0 Å². The van der Waals surface area contributed by atoms with Gasteiger partial charge >= 0.3 is 0 Å². The summed E-state index contributed by atoms with van der Waals surface area (Å²) in [6.45, 7) is 0.143.